The Kier molecular flexibility index (Phi) is 3.17. The molecule has 0 spiro atoms. The summed E-state index contributed by atoms with van der Waals surface area (Å²) in [5.74, 6) is -0.0126. The molecule has 0 saturated carbocycles. The van der Waals surface area contributed by atoms with Crippen LogP contribution in [-0.4, -0.2) is 29.8 Å². The van der Waals surface area contributed by atoms with Gasteiger partial charge in [0, 0.05) is 0 Å². The van der Waals surface area contributed by atoms with E-state index in [1.54, 1.807) is 0 Å². The van der Waals surface area contributed by atoms with Gasteiger partial charge in [-0.25, -0.2) is 5.06 Å². The van der Waals surface area contributed by atoms with E-state index in [1.807, 2.05) is 44.2 Å². The highest BCUT2D eigenvalue weighted by Gasteiger charge is 2.44. The Morgan fingerprint density at radius 1 is 1.35 bits per heavy atom. The predicted molar refractivity (Wildman–Crippen MR) is 65.0 cm³/mol. The Bertz CT molecular complexity index is 403. The summed E-state index contributed by atoms with van der Waals surface area (Å²) < 4.78 is 0. The van der Waals surface area contributed by atoms with Crippen molar-refractivity contribution in [1.29, 1.82) is 0 Å². The molecular formula is C13H18N2O2. The molecular weight excluding hydrogens is 216 g/mol. The lowest BCUT2D eigenvalue weighted by Gasteiger charge is -2.28. The van der Waals surface area contributed by atoms with Crippen molar-refractivity contribution >= 4 is 5.91 Å². The summed E-state index contributed by atoms with van der Waals surface area (Å²) in [4.78, 5) is 17.2. The van der Waals surface area contributed by atoms with Gasteiger partial charge in [0.25, 0.3) is 5.91 Å². The average molecular weight is 234 g/mol. The molecule has 1 aliphatic heterocycles. The molecule has 2 rings (SSSR count). The average Bonchev–Trinajstić information content (AvgIpc) is 2.50. The van der Waals surface area contributed by atoms with Crippen LogP contribution < -0.4 is 5.32 Å². The Labute approximate surface area is 102 Å². The van der Waals surface area contributed by atoms with Crippen molar-refractivity contribution in [3.63, 3.8) is 0 Å². The molecule has 1 saturated heterocycles. The molecule has 1 aliphatic rings. The molecule has 0 bridgehead atoms. The van der Waals surface area contributed by atoms with E-state index in [-0.39, 0.29) is 11.9 Å². The summed E-state index contributed by atoms with van der Waals surface area (Å²) in [5.41, 5.74) is 0.692. The van der Waals surface area contributed by atoms with Crippen molar-refractivity contribution < 1.29 is 9.63 Å². The van der Waals surface area contributed by atoms with Crippen LogP contribution in [0.3, 0.4) is 0 Å². The number of nitrogens with one attached hydrogen (secondary N) is 1. The second-order valence-electron chi connectivity index (χ2n) is 4.76. The number of hydrogen-bond donors (Lipinski definition) is 1. The van der Waals surface area contributed by atoms with E-state index < -0.39 is 5.66 Å². The topological polar surface area (TPSA) is 41.6 Å². The number of hydroxylamine groups is 2. The minimum Gasteiger partial charge on any atom is -0.281 e. The SMILES string of the molecule is CON1C(=O)[C@H](Cc2ccccc2)NC1(C)C. The van der Waals surface area contributed by atoms with Gasteiger partial charge in [0.15, 0.2) is 0 Å². The quantitative estimate of drug-likeness (QED) is 0.857. The molecule has 1 amide bonds. The predicted octanol–water partition coefficient (Wildman–Crippen LogP) is 1.33. The van der Waals surface area contributed by atoms with Crippen molar-refractivity contribution in [2.24, 2.45) is 0 Å². The first-order valence-electron chi connectivity index (χ1n) is 5.74. The first-order valence-corrected chi connectivity index (χ1v) is 5.74. The summed E-state index contributed by atoms with van der Waals surface area (Å²) in [5, 5.41) is 4.68. The molecule has 0 aromatic heterocycles. The van der Waals surface area contributed by atoms with Crippen LogP contribution in [-0.2, 0) is 16.1 Å². The molecule has 1 atom stereocenters. The molecule has 1 aromatic rings. The minimum atomic E-state index is -0.453. The van der Waals surface area contributed by atoms with E-state index in [4.69, 9.17) is 4.84 Å². The zero-order valence-electron chi connectivity index (χ0n) is 10.4. The lowest BCUT2D eigenvalue weighted by atomic mass is 10.1. The summed E-state index contributed by atoms with van der Waals surface area (Å²) in [7, 11) is 1.52. The van der Waals surface area contributed by atoms with Crippen molar-refractivity contribution in [1.82, 2.24) is 10.4 Å². The standard InChI is InChI=1S/C13H18N2O2/c1-13(2)14-11(12(16)15(13)17-3)9-10-7-5-4-6-8-10/h4-8,11,14H,9H2,1-3H3/t11-/m0/s1. The second kappa shape index (κ2) is 4.47. The van der Waals surface area contributed by atoms with Crippen molar-refractivity contribution in [2.45, 2.75) is 32.0 Å². The monoisotopic (exact) mass is 234 g/mol. The fourth-order valence-corrected chi connectivity index (χ4v) is 2.27. The lowest BCUT2D eigenvalue weighted by molar-refractivity contribution is -0.192. The smallest absolute Gasteiger partial charge is 0.265 e. The number of carbonyl (C=O) groups excluding carboxylic acids is 1. The highest BCUT2D eigenvalue weighted by molar-refractivity contribution is 5.84. The maximum absolute atomic E-state index is 12.1. The van der Waals surface area contributed by atoms with Gasteiger partial charge in [-0.05, 0) is 25.8 Å². The number of carbonyl (C=O) groups is 1. The van der Waals surface area contributed by atoms with Gasteiger partial charge in [-0.2, -0.15) is 0 Å². The van der Waals surface area contributed by atoms with Crippen LogP contribution in [0.25, 0.3) is 0 Å². The maximum atomic E-state index is 12.1. The molecule has 1 heterocycles. The first-order chi connectivity index (χ1) is 8.04. The third kappa shape index (κ3) is 2.33. The zero-order chi connectivity index (χ0) is 12.5. The van der Waals surface area contributed by atoms with Crippen LogP contribution in [0.4, 0.5) is 0 Å². The Balaban J connectivity index is 2.12. The van der Waals surface area contributed by atoms with Gasteiger partial charge in [-0.3, -0.25) is 14.9 Å². The number of nitrogens with zero attached hydrogens (tertiary/aromatic N) is 1. The van der Waals surface area contributed by atoms with E-state index in [0.717, 1.165) is 5.56 Å². The van der Waals surface area contributed by atoms with Crippen LogP contribution in [0.2, 0.25) is 0 Å². The van der Waals surface area contributed by atoms with Crippen LogP contribution >= 0.6 is 0 Å². The summed E-state index contributed by atoms with van der Waals surface area (Å²) >= 11 is 0. The van der Waals surface area contributed by atoms with E-state index in [2.05, 4.69) is 5.32 Å². The molecule has 92 valence electrons. The third-order valence-electron chi connectivity index (χ3n) is 3.00. The van der Waals surface area contributed by atoms with Crippen molar-refractivity contribution in [3.05, 3.63) is 35.9 Å². The molecule has 4 nitrogen and oxygen atoms in total. The normalized spacial score (nSPS) is 23.1. The van der Waals surface area contributed by atoms with Crippen LogP contribution in [0, 0.1) is 0 Å². The van der Waals surface area contributed by atoms with Gasteiger partial charge in [-0.1, -0.05) is 30.3 Å². The first kappa shape index (κ1) is 12.1. The molecule has 1 aromatic carbocycles. The fourth-order valence-electron chi connectivity index (χ4n) is 2.27. The Morgan fingerprint density at radius 3 is 2.53 bits per heavy atom. The maximum Gasteiger partial charge on any atom is 0.265 e. The molecule has 1 N–H and O–H groups in total. The highest BCUT2D eigenvalue weighted by Crippen LogP contribution is 2.22. The summed E-state index contributed by atoms with van der Waals surface area (Å²) in [6, 6.07) is 9.77. The van der Waals surface area contributed by atoms with E-state index >= 15 is 0 Å². The molecule has 1 fully saturated rings. The van der Waals surface area contributed by atoms with Crippen molar-refractivity contribution in [3.8, 4) is 0 Å². The fraction of sp³-hybridized carbons (Fsp3) is 0.462. The summed E-state index contributed by atoms with van der Waals surface area (Å²) in [6.07, 6.45) is 0.683. The largest absolute Gasteiger partial charge is 0.281 e. The minimum absolute atomic E-state index is 0.0126. The van der Waals surface area contributed by atoms with Crippen LogP contribution in [0.5, 0.6) is 0 Å². The second-order valence-corrected chi connectivity index (χ2v) is 4.76. The van der Waals surface area contributed by atoms with E-state index in [1.165, 1.54) is 12.2 Å². The molecule has 4 heteroatoms. The summed E-state index contributed by atoms with van der Waals surface area (Å²) in [6.45, 7) is 3.86. The number of rotatable bonds is 3. The number of benzene rings is 1. The molecule has 0 unspecified atom stereocenters. The third-order valence-corrected chi connectivity index (χ3v) is 3.00. The van der Waals surface area contributed by atoms with Gasteiger partial charge in [0.1, 0.15) is 5.66 Å². The molecule has 0 aliphatic carbocycles. The van der Waals surface area contributed by atoms with Gasteiger partial charge >= 0.3 is 0 Å². The van der Waals surface area contributed by atoms with E-state index in [9.17, 15) is 4.79 Å². The Hall–Kier alpha value is -1.39. The van der Waals surface area contributed by atoms with Gasteiger partial charge < -0.3 is 0 Å². The number of amides is 1. The van der Waals surface area contributed by atoms with Crippen LogP contribution in [0.15, 0.2) is 30.3 Å². The van der Waals surface area contributed by atoms with Crippen LogP contribution in [0.1, 0.15) is 19.4 Å². The number of hydrogen-bond acceptors (Lipinski definition) is 3. The molecule has 17 heavy (non-hydrogen) atoms. The Morgan fingerprint density at radius 2 is 2.00 bits per heavy atom. The lowest BCUT2D eigenvalue weighted by Crippen LogP contribution is -2.46. The zero-order valence-corrected chi connectivity index (χ0v) is 10.4. The highest BCUT2D eigenvalue weighted by atomic mass is 16.7. The van der Waals surface area contributed by atoms with E-state index in [0.29, 0.717) is 6.42 Å². The van der Waals surface area contributed by atoms with Gasteiger partial charge in [-0.15, -0.1) is 0 Å². The molecule has 0 radical (unpaired) electrons. The van der Waals surface area contributed by atoms with Crippen molar-refractivity contribution in [2.75, 3.05) is 7.11 Å². The van der Waals surface area contributed by atoms with Gasteiger partial charge in [0.2, 0.25) is 0 Å². The van der Waals surface area contributed by atoms with Gasteiger partial charge in [0.05, 0.1) is 13.2 Å².